The molecule has 0 aliphatic heterocycles. The summed E-state index contributed by atoms with van der Waals surface area (Å²) >= 11 is 3.16. The molecule has 0 unspecified atom stereocenters. The fraction of sp³-hybridized carbons (Fsp3) is 0.200. The van der Waals surface area contributed by atoms with Gasteiger partial charge in [-0.15, -0.1) is 23.1 Å². The van der Waals surface area contributed by atoms with Crippen molar-refractivity contribution in [2.45, 2.75) is 12.7 Å². The first kappa shape index (κ1) is 15.6. The Kier molecular flexibility index (Phi) is 5.41. The number of hydrogen-bond acceptors (Lipinski definition) is 4. The van der Waals surface area contributed by atoms with Gasteiger partial charge < -0.3 is 10.4 Å². The molecule has 0 fully saturated rings. The zero-order valence-electron chi connectivity index (χ0n) is 11.5. The molecule has 1 aromatic carbocycles. The number of thioether (sulfide) groups is 1. The Hall–Kier alpha value is -1.79. The number of rotatable bonds is 6. The number of carboxylic acid groups (broad SMARTS) is 1. The van der Waals surface area contributed by atoms with E-state index in [4.69, 9.17) is 5.11 Å². The standard InChI is InChI=1S/C15H15NO3S2/c1-10-4-5-13(12(7-10)15(18)19)16-14(17)9-20-8-11-3-2-6-21-11/h2-7H,8-9H2,1H3,(H,16,17)(H,18,19). The lowest BCUT2D eigenvalue weighted by molar-refractivity contribution is -0.113. The molecular weight excluding hydrogens is 306 g/mol. The quantitative estimate of drug-likeness (QED) is 0.852. The van der Waals surface area contributed by atoms with E-state index in [1.54, 1.807) is 29.5 Å². The summed E-state index contributed by atoms with van der Waals surface area (Å²) in [6, 6.07) is 8.96. The first-order valence-electron chi connectivity index (χ1n) is 6.30. The molecule has 1 heterocycles. The van der Waals surface area contributed by atoms with Crippen LogP contribution in [0.3, 0.4) is 0 Å². The average Bonchev–Trinajstić information content (AvgIpc) is 2.94. The molecule has 0 aliphatic carbocycles. The molecule has 21 heavy (non-hydrogen) atoms. The predicted molar refractivity (Wildman–Crippen MR) is 87.2 cm³/mol. The third kappa shape index (κ3) is 4.61. The largest absolute Gasteiger partial charge is 0.478 e. The average molecular weight is 321 g/mol. The summed E-state index contributed by atoms with van der Waals surface area (Å²) < 4.78 is 0. The van der Waals surface area contributed by atoms with E-state index in [1.807, 2.05) is 24.4 Å². The Balaban J connectivity index is 1.92. The molecule has 2 N–H and O–H groups in total. The van der Waals surface area contributed by atoms with Crippen LogP contribution in [0.25, 0.3) is 0 Å². The van der Waals surface area contributed by atoms with E-state index in [0.717, 1.165) is 11.3 Å². The second-order valence-electron chi connectivity index (χ2n) is 4.47. The van der Waals surface area contributed by atoms with Gasteiger partial charge in [-0.05, 0) is 30.5 Å². The maximum atomic E-state index is 11.9. The van der Waals surface area contributed by atoms with E-state index in [2.05, 4.69) is 5.32 Å². The highest BCUT2D eigenvalue weighted by molar-refractivity contribution is 7.99. The van der Waals surface area contributed by atoms with Crippen molar-refractivity contribution in [2.24, 2.45) is 0 Å². The van der Waals surface area contributed by atoms with Gasteiger partial charge in [0.05, 0.1) is 17.0 Å². The summed E-state index contributed by atoms with van der Waals surface area (Å²) in [5.41, 5.74) is 1.30. The number of benzene rings is 1. The van der Waals surface area contributed by atoms with Gasteiger partial charge in [0.25, 0.3) is 0 Å². The second kappa shape index (κ2) is 7.28. The van der Waals surface area contributed by atoms with Crippen molar-refractivity contribution in [1.82, 2.24) is 0 Å². The molecule has 0 saturated heterocycles. The maximum Gasteiger partial charge on any atom is 0.337 e. The number of carbonyl (C=O) groups is 2. The summed E-state index contributed by atoms with van der Waals surface area (Å²) in [6.45, 7) is 1.81. The van der Waals surface area contributed by atoms with Gasteiger partial charge in [0.15, 0.2) is 0 Å². The molecule has 2 rings (SSSR count). The predicted octanol–water partition coefficient (Wildman–Crippen LogP) is 3.63. The lowest BCUT2D eigenvalue weighted by Gasteiger charge is -2.09. The van der Waals surface area contributed by atoms with Crippen LogP contribution < -0.4 is 5.32 Å². The van der Waals surface area contributed by atoms with Crippen LogP contribution in [0.4, 0.5) is 5.69 Å². The number of aryl methyl sites for hydroxylation is 1. The minimum absolute atomic E-state index is 0.117. The molecule has 2 aromatic rings. The number of carboxylic acids is 1. The van der Waals surface area contributed by atoms with Crippen molar-refractivity contribution < 1.29 is 14.7 Å². The van der Waals surface area contributed by atoms with Gasteiger partial charge in [-0.3, -0.25) is 4.79 Å². The number of anilines is 1. The Morgan fingerprint density at radius 1 is 1.33 bits per heavy atom. The summed E-state index contributed by atoms with van der Waals surface area (Å²) in [5, 5.41) is 13.8. The number of nitrogens with one attached hydrogen (secondary N) is 1. The Morgan fingerprint density at radius 3 is 2.81 bits per heavy atom. The van der Waals surface area contributed by atoms with Crippen molar-refractivity contribution in [3.05, 3.63) is 51.7 Å². The van der Waals surface area contributed by atoms with Gasteiger partial charge >= 0.3 is 5.97 Å². The monoisotopic (exact) mass is 321 g/mol. The number of amides is 1. The molecule has 110 valence electrons. The molecule has 1 amide bonds. The van der Waals surface area contributed by atoms with Crippen LogP contribution in [-0.2, 0) is 10.5 Å². The second-order valence-corrected chi connectivity index (χ2v) is 6.49. The lowest BCUT2D eigenvalue weighted by atomic mass is 10.1. The Bertz CT molecular complexity index is 638. The van der Waals surface area contributed by atoms with Crippen molar-refractivity contribution >= 4 is 40.7 Å². The molecule has 0 spiro atoms. The third-order valence-corrected chi connectivity index (χ3v) is 4.78. The first-order valence-corrected chi connectivity index (χ1v) is 8.33. The third-order valence-electron chi connectivity index (χ3n) is 2.74. The van der Waals surface area contributed by atoms with Crippen molar-refractivity contribution in [2.75, 3.05) is 11.1 Å². The number of aromatic carboxylic acids is 1. The highest BCUT2D eigenvalue weighted by Gasteiger charge is 2.12. The van der Waals surface area contributed by atoms with Gasteiger partial charge in [0.2, 0.25) is 5.91 Å². The van der Waals surface area contributed by atoms with Crippen LogP contribution in [0.1, 0.15) is 20.8 Å². The topological polar surface area (TPSA) is 66.4 Å². The first-order chi connectivity index (χ1) is 10.1. The zero-order valence-corrected chi connectivity index (χ0v) is 13.1. The number of carbonyl (C=O) groups excluding carboxylic acids is 1. The number of thiophene rings is 1. The van der Waals surface area contributed by atoms with E-state index >= 15 is 0 Å². The van der Waals surface area contributed by atoms with Gasteiger partial charge in [0.1, 0.15) is 0 Å². The summed E-state index contributed by atoms with van der Waals surface area (Å²) in [4.78, 5) is 24.3. The SMILES string of the molecule is Cc1ccc(NC(=O)CSCc2cccs2)c(C(=O)O)c1. The van der Waals surface area contributed by atoms with Gasteiger partial charge in [-0.2, -0.15) is 0 Å². The summed E-state index contributed by atoms with van der Waals surface area (Å²) in [5.74, 6) is -0.154. The minimum atomic E-state index is -1.04. The molecule has 0 atom stereocenters. The summed E-state index contributed by atoms with van der Waals surface area (Å²) in [6.07, 6.45) is 0. The van der Waals surface area contributed by atoms with Crippen LogP contribution in [0.2, 0.25) is 0 Å². The fourth-order valence-electron chi connectivity index (χ4n) is 1.77. The van der Waals surface area contributed by atoms with E-state index in [1.165, 1.54) is 16.6 Å². The molecular formula is C15H15NO3S2. The van der Waals surface area contributed by atoms with Gasteiger partial charge in [-0.1, -0.05) is 17.7 Å². The smallest absolute Gasteiger partial charge is 0.337 e. The Morgan fingerprint density at radius 2 is 2.14 bits per heavy atom. The van der Waals surface area contributed by atoms with Gasteiger partial charge in [0, 0.05) is 10.6 Å². The number of hydrogen-bond donors (Lipinski definition) is 2. The molecule has 0 saturated carbocycles. The molecule has 4 nitrogen and oxygen atoms in total. The lowest BCUT2D eigenvalue weighted by Crippen LogP contribution is -2.16. The normalized spacial score (nSPS) is 10.3. The van der Waals surface area contributed by atoms with E-state index in [9.17, 15) is 9.59 Å². The Labute approximate surface area is 131 Å². The van der Waals surface area contributed by atoms with Gasteiger partial charge in [-0.25, -0.2) is 4.79 Å². The van der Waals surface area contributed by atoms with E-state index in [-0.39, 0.29) is 11.5 Å². The van der Waals surface area contributed by atoms with E-state index < -0.39 is 5.97 Å². The van der Waals surface area contributed by atoms with Crippen molar-refractivity contribution in [1.29, 1.82) is 0 Å². The van der Waals surface area contributed by atoms with E-state index in [0.29, 0.717) is 11.4 Å². The fourth-order valence-corrected chi connectivity index (χ4v) is 3.44. The zero-order chi connectivity index (χ0) is 15.2. The van der Waals surface area contributed by atoms with Crippen LogP contribution in [0.5, 0.6) is 0 Å². The summed E-state index contributed by atoms with van der Waals surface area (Å²) in [7, 11) is 0. The van der Waals surface area contributed by atoms with Crippen molar-refractivity contribution in [3.63, 3.8) is 0 Å². The molecule has 6 heteroatoms. The van der Waals surface area contributed by atoms with Crippen LogP contribution >= 0.6 is 23.1 Å². The molecule has 1 aromatic heterocycles. The maximum absolute atomic E-state index is 11.9. The minimum Gasteiger partial charge on any atom is -0.478 e. The highest BCUT2D eigenvalue weighted by atomic mass is 32.2. The van der Waals surface area contributed by atoms with Crippen LogP contribution in [0.15, 0.2) is 35.7 Å². The molecule has 0 bridgehead atoms. The van der Waals surface area contributed by atoms with Crippen LogP contribution in [0, 0.1) is 6.92 Å². The highest BCUT2D eigenvalue weighted by Crippen LogP contribution is 2.20. The van der Waals surface area contributed by atoms with Crippen molar-refractivity contribution in [3.8, 4) is 0 Å². The molecule has 0 radical (unpaired) electrons. The van der Waals surface area contributed by atoms with Crippen LogP contribution in [-0.4, -0.2) is 22.7 Å². The molecule has 0 aliphatic rings.